The molecule has 0 aliphatic rings. The molecule has 1 N–H and O–H groups in total. The van der Waals surface area contributed by atoms with E-state index in [0.29, 0.717) is 0 Å². The highest BCUT2D eigenvalue weighted by Gasteiger charge is 1.96. The minimum Gasteiger partial charge on any atom is -0.315 e. The molecule has 0 saturated heterocycles. The minimum absolute atomic E-state index is 0.912. The number of thioether (sulfide) groups is 1. The number of hydrogen-bond donors (Lipinski definition) is 1. The normalized spacial score (nSPS) is 10.6. The van der Waals surface area contributed by atoms with E-state index in [1.165, 1.54) is 0 Å². The summed E-state index contributed by atoms with van der Waals surface area (Å²) in [5, 5.41) is 7.52. The van der Waals surface area contributed by atoms with Gasteiger partial charge in [-0.15, -0.1) is 0 Å². The van der Waals surface area contributed by atoms with Gasteiger partial charge in [-0.25, -0.2) is 4.98 Å². The summed E-state index contributed by atoms with van der Waals surface area (Å²) in [6, 6.07) is 0. The maximum atomic E-state index is 4.19. The number of hydrogen-bond acceptors (Lipinski definition) is 4. The molecule has 0 aliphatic heterocycles. The highest BCUT2D eigenvalue weighted by molar-refractivity contribution is 7.98. The fourth-order valence-electron chi connectivity index (χ4n) is 0.998. The van der Waals surface area contributed by atoms with Crippen LogP contribution in [0.15, 0.2) is 6.33 Å². The third-order valence-electron chi connectivity index (χ3n) is 1.66. The van der Waals surface area contributed by atoms with Gasteiger partial charge in [0.15, 0.2) is 5.82 Å². The van der Waals surface area contributed by atoms with Crippen LogP contribution in [0.1, 0.15) is 5.82 Å². The second-order valence-electron chi connectivity index (χ2n) is 2.83. The third-order valence-corrected chi connectivity index (χ3v) is 2.27. The van der Waals surface area contributed by atoms with Gasteiger partial charge in [0, 0.05) is 32.3 Å². The number of rotatable bonds is 6. The first-order valence-corrected chi connectivity index (χ1v) is 5.76. The number of nitrogens with one attached hydrogen (secondary N) is 1. The van der Waals surface area contributed by atoms with Gasteiger partial charge in [0.25, 0.3) is 0 Å². The van der Waals surface area contributed by atoms with Crippen LogP contribution in [0.2, 0.25) is 0 Å². The average molecular weight is 200 g/mol. The second kappa shape index (κ2) is 5.99. The zero-order chi connectivity index (χ0) is 9.52. The Kier molecular flexibility index (Phi) is 4.85. The van der Waals surface area contributed by atoms with Crippen molar-refractivity contribution in [1.29, 1.82) is 0 Å². The predicted octanol–water partition coefficient (Wildman–Crippen LogP) is 0.310. The van der Waals surface area contributed by atoms with Gasteiger partial charge >= 0.3 is 0 Å². The van der Waals surface area contributed by atoms with Crippen molar-refractivity contribution >= 4 is 11.8 Å². The van der Waals surface area contributed by atoms with E-state index in [1.807, 2.05) is 18.8 Å². The lowest BCUT2D eigenvalue weighted by molar-refractivity contribution is 0.684. The average Bonchev–Trinajstić information content (AvgIpc) is 2.51. The van der Waals surface area contributed by atoms with E-state index in [9.17, 15) is 0 Å². The SMILES string of the molecule is CSCCNCCc1ncn(C)n1. The lowest BCUT2D eigenvalue weighted by Crippen LogP contribution is -2.20. The summed E-state index contributed by atoms with van der Waals surface area (Å²) < 4.78 is 1.73. The van der Waals surface area contributed by atoms with Gasteiger partial charge in [0.05, 0.1) is 0 Å². The van der Waals surface area contributed by atoms with Gasteiger partial charge in [-0.1, -0.05) is 0 Å². The molecule has 0 atom stereocenters. The molecule has 0 bridgehead atoms. The molecule has 0 saturated carbocycles. The summed E-state index contributed by atoms with van der Waals surface area (Å²) in [4.78, 5) is 4.14. The molecule has 0 spiro atoms. The summed E-state index contributed by atoms with van der Waals surface area (Å²) in [7, 11) is 1.89. The Bertz CT molecular complexity index is 236. The van der Waals surface area contributed by atoms with E-state index in [0.717, 1.165) is 31.1 Å². The Morgan fingerprint density at radius 3 is 3.00 bits per heavy atom. The molecule has 0 amide bonds. The molecule has 74 valence electrons. The van der Waals surface area contributed by atoms with E-state index in [4.69, 9.17) is 0 Å². The van der Waals surface area contributed by atoms with Gasteiger partial charge in [-0.2, -0.15) is 16.9 Å². The van der Waals surface area contributed by atoms with Crippen molar-refractivity contribution in [2.24, 2.45) is 7.05 Å². The Balaban J connectivity index is 2.06. The van der Waals surface area contributed by atoms with Gasteiger partial charge in [-0.05, 0) is 6.26 Å². The summed E-state index contributed by atoms with van der Waals surface area (Å²) in [6.45, 7) is 2.03. The second-order valence-corrected chi connectivity index (χ2v) is 3.81. The van der Waals surface area contributed by atoms with E-state index >= 15 is 0 Å². The van der Waals surface area contributed by atoms with E-state index in [1.54, 1.807) is 11.0 Å². The van der Waals surface area contributed by atoms with Crippen LogP contribution in [-0.2, 0) is 13.5 Å². The van der Waals surface area contributed by atoms with E-state index in [2.05, 4.69) is 21.7 Å². The van der Waals surface area contributed by atoms with Crippen molar-refractivity contribution in [3.63, 3.8) is 0 Å². The van der Waals surface area contributed by atoms with Crippen LogP contribution in [-0.4, -0.2) is 39.9 Å². The van der Waals surface area contributed by atoms with E-state index < -0.39 is 0 Å². The smallest absolute Gasteiger partial charge is 0.151 e. The van der Waals surface area contributed by atoms with Crippen LogP contribution in [0.25, 0.3) is 0 Å². The van der Waals surface area contributed by atoms with Gasteiger partial charge < -0.3 is 5.32 Å². The quantitative estimate of drug-likeness (QED) is 0.671. The van der Waals surface area contributed by atoms with Gasteiger partial charge in [-0.3, -0.25) is 4.68 Å². The molecular weight excluding hydrogens is 184 g/mol. The van der Waals surface area contributed by atoms with Crippen LogP contribution in [0.4, 0.5) is 0 Å². The molecule has 1 aromatic rings. The van der Waals surface area contributed by atoms with Crippen LogP contribution in [0.5, 0.6) is 0 Å². The lowest BCUT2D eigenvalue weighted by atomic mass is 10.4. The molecule has 0 fully saturated rings. The molecular formula is C8H16N4S. The van der Waals surface area contributed by atoms with Crippen molar-refractivity contribution in [3.05, 3.63) is 12.2 Å². The van der Waals surface area contributed by atoms with Gasteiger partial charge in [0.2, 0.25) is 0 Å². The first-order chi connectivity index (χ1) is 6.33. The number of aryl methyl sites for hydroxylation is 1. The number of aromatic nitrogens is 3. The molecule has 0 unspecified atom stereocenters. The molecule has 1 aromatic heterocycles. The Hall–Kier alpha value is -0.550. The molecule has 4 nitrogen and oxygen atoms in total. The predicted molar refractivity (Wildman–Crippen MR) is 56.0 cm³/mol. The molecule has 1 heterocycles. The van der Waals surface area contributed by atoms with Crippen LogP contribution in [0, 0.1) is 0 Å². The zero-order valence-corrected chi connectivity index (χ0v) is 8.97. The van der Waals surface area contributed by atoms with Crippen LogP contribution >= 0.6 is 11.8 Å². The fraction of sp³-hybridized carbons (Fsp3) is 0.750. The minimum atomic E-state index is 0.912. The van der Waals surface area contributed by atoms with Crippen molar-refractivity contribution in [3.8, 4) is 0 Å². The van der Waals surface area contributed by atoms with Crippen molar-refractivity contribution in [2.45, 2.75) is 6.42 Å². The fourth-order valence-corrected chi connectivity index (χ4v) is 1.35. The Morgan fingerprint density at radius 2 is 2.38 bits per heavy atom. The van der Waals surface area contributed by atoms with Crippen LogP contribution in [0.3, 0.4) is 0 Å². The summed E-state index contributed by atoms with van der Waals surface area (Å²) in [5.41, 5.74) is 0. The first-order valence-electron chi connectivity index (χ1n) is 4.37. The zero-order valence-electron chi connectivity index (χ0n) is 8.16. The molecule has 1 rings (SSSR count). The molecule has 0 radical (unpaired) electrons. The maximum Gasteiger partial charge on any atom is 0.151 e. The Morgan fingerprint density at radius 1 is 1.54 bits per heavy atom. The largest absolute Gasteiger partial charge is 0.315 e. The molecule has 5 heteroatoms. The number of nitrogens with zero attached hydrogens (tertiary/aromatic N) is 3. The molecule has 0 aliphatic carbocycles. The summed E-state index contributed by atoms with van der Waals surface area (Å²) >= 11 is 1.85. The highest BCUT2D eigenvalue weighted by Crippen LogP contribution is 1.89. The van der Waals surface area contributed by atoms with Crippen molar-refractivity contribution < 1.29 is 0 Å². The maximum absolute atomic E-state index is 4.19. The molecule has 13 heavy (non-hydrogen) atoms. The monoisotopic (exact) mass is 200 g/mol. The van der Waals surface area contributed by atoms with Gasteiger partial charge in [0.1, 0.15) is 6.33 Å². The lowest BCUT2D eigenvalue weighted by Gasteiger charge is -2.00. The summed E-state index contributed by atoms with van der Waals surface area (Å²) in [5.74, 6) is 2.08. The molecule has 0 aromatic carbocycles. The van der Waals surface area contributed by atoms with Crippen molar-refractivity contribution in [1.82, 2.24) is 20.1 Å². The topological polar surface area (TPSA) is 42.7 Å². The standard InChI is InChI=1S/C8H16N4S/c1-12-7-10-8(11-12)3-4-9-5-6-13-2/h7,9H,3-6H2,1-2H3. The Labute approximate surface area is 83.1 Å². The highest BCUT2D eigenvalue weighted by atomic mass is 32.2. The van der Waals surface area contributed by atoms with Crippen LogP contribution < -0.4 is 5.32 Å². The first kappa shape index (κ1) is 10.5. The van der Waals surface area contributed by atoms with E-state index in [-0.39, 0.29) is 0 Å². The van der Waals surface area contributed by atoms with Crippen molar-refractivity contribution in [2.75, 3.05) is 25.1 Å². The summed E-state index contributed by atoms with van der Waals surface area (Å²) in [6.07, 6.45) is 4.76. The third kappa shape index (κ3) is 4.28.